The van der Waals surface area contributed by atoms with Crippen LogP contribution in [0.5, 0.6) is 0 Å². The lowest BCUT2D eigenvalue weighted by Crippen LogP contribution is -2.30. The second kappa shape index (κ2) is 6.01. The summed E-state index contributed by atoms with van der Waals surface area (Å²) in [5.41, 5.74) is 1.34. The maximum atomic E-state index is 11.3. The molecule has 1 unspecified atom stereocenters. The molecule has 1 atom stereocenters. The normalized spacial score (nSPS) is 11.5. The number of anilines is 1. The standard InChI is InChI=1S/C13H17N3O2/c1-9(13(17)18-4)8-16(3)12-6-11(7-14)5-10(2)15-12/h5-6,9H,8H2,1-4H3. The van der Waals surface area contributed by atoms with Crippen LogP contribution in [0, 0.1) is 24.2 Å². The predicted octanol–water partition coefficient (Wildman–Crippen LogP) is 1.51. The van der Waals surface area contributed by atoms with Crippen molar-refractivity contribution < 1.29 is 9.53 Å². The van der Waals surface area contributed by atoms with E-state index in [9.17, 15) is 4.79 Å². The zero-order valence-corrected chi connectivity index (χ0v) is 11.1. The number of rotatable bonds is 4. The van der Waals surface area contributed by atoms with Gasteiger partial charge in [0.15, 0.2) is 0 Å². The molecule has 0 aliphatic rings. The number of pyridine rings is 1. The van der Waals surface area contributed by atoms with Crippen molar-refractivity contribution >= 4 is 11.8 Å². The fourth-order valence-corrected chi connectivity index (χ4v) is 1.69. The fraction of sp³-hybridized carbons (Fsp3) is 0.462. The van der Waals surface area contributed by atoms with Crippen LogP contribution in [0.3, 0.4) is 0 Å². The van der Waals surface area contributed by atoms with Crippen molar-refractivity contribution in [2.24, 2.45) is 5.92 Å². The quantitative estimate of drug-likeness (QED) is 0.754. The van der Waals surface area contributed by atoms with E-state index in [1.807, 2.05) is 18.9 Å². The number of aryl methyl sites for hydroxylation is 1. The summed E-state index contributed by atoms with van der Waals surface area (Å²) in [6, 6.07) is 5.52. The summed E-state index contributed by atoms with van der Waals surface area (Å²) in [6.45, 7) is 4.12. The molecule has 1 heterocycles. The molecule has 0 bridgehead atoms. The first-order chi connectivity index (χ1) is 8.47. The smallest absolute Gasteiger partial charge is 0.310 e. The van der Waals surface area contributed by atoms with Crippen molar-refractivity contribution in [3.05, 3.63) is 23.4 Å². The zero-order valence-electron chi connectivity index (χ0n) is 11.1. The summed E-state index contributed by atoms with van der Waals surface area (Å²) < 4.78 is 4.68. The lowest BCUT2D eigenvalue weighted by atomic mass is 10.1. The molecule has 0 aliphatic carbocycles. The summed E-state index contributed by atoms with van der Waals surface area (Å²) in [4.78, 5) is 17.5. The van der Waals surface area contributed by atoms with E-state index in [1.54, 1.807) is 19.1 Å². The molecule has 0 radical (unpaired) electrons. The Morgan fingerprint density at radius 1 is 1.61 bits per heavy atom. The molecule has 1 aromatic rings. The molecule has 5 heteroatoms. The van der Waals surface area contributed by atoms with Crippen LogP contribution in [0.4, 0.5) is 5.82 Å². The summed E-state index contributed by atoms with van der Waals surface area (Å²) >= 11 is 0. The Balaban J connectivity index is 2.84. The number of ether oxygens (including phenoxy) is 1. The van der Waals surface area contributed by atoms with E-state index in [1.165, 1.54) is 7.11 Å². The third-order valence-electron chi connectivity index (χ3n) is 2.61. The zero-order chi connectivity index (χ0) is 13.7. The number of carbonyl (C=O) groups excluding carboxylic acids is 1. The Bertz CT molecular complexity index is 480. The van der Waals surface area contributed by atoms with Crippen LogP contribution in [-0.2, 0) is 9.53 Å². The topological polar surface area (TPSA) is 66.2 Å². The molecule has 18 heavy (non-hydrogen) atoms. The van der Waals surface area contributed by atoms with E-state index in [2.05, 4.69) is 15.8 Å². The average Bonchev–Trinajstić information content (AvgIpc) is 2.36. The number of nitriles is 1. The maximum absolute atomic E-state index is 11.3. The minimum atomic E-state index is -0.255. The first kappa shape index (κ1) is 14.0. The third kappa shape index (κ3) is 3.45. The van der Waals surface area contributed by atoms with Crippen LogP contribution in [0.15, 0.2) is 12.1 Å². The van der Waals surface area contributed by atoms with Crippen LogP contribution in [0.1, 0.15) is 18.2 Å². The van der Waals surface area contributed by atoms with Crippen molar-refractivity contribution in [2.75, 3.05) is 25.6 Å². The van der Waals surface area contributed by atoms with Crippen LogP contribution >= 0.6 is 0 Å². The summed E-state index contributed by atoms with van der Waals surface area (Å²) in [5, 5.41) is 8.91. The minimum absolute atomic E-state index is 0.243. The number of esters is 1. The van der Waals surface area contributed by atoms with Gasteiger partial charge in [-0.3, -0.25) is 4.79 Å². The van der Waals surface area contributed by atoms with Gasteiger partial charge in [0, 0.05) is 19.3 Å². The highest BCUT2D eigenvalue weighted by atomic mass is 16.5. The molecular formula is C13H17N3O2. The first-order valence-corrected chi connectivity index (χ1v) is 5.65. The molecule has 1 rings (SSSR count). The van der Waals surface area contributed by atoms with Gasteiger partial charge in [0.2, 0.25) is 0 Å². The molecule has 96 valence electrons. The molecule has 0 aromatic carbocycles. The van der Waals surface area contributed by atoms with Gasteiger partial charge >= 0.3 is 5.97 Å². The van der Waals surface area contributed by atoms with Crippen LogP contribution in [0.2, 0.25) is 0 Å². The summed E-state index contributed by atoms with van der Waals surface area (Å²) in [6.07, 6.45) is 0. The Labute approximate surface area is 107 Å². The summed E-state index contributed by atoms with van der Waals surface area (Å²) in [7, 11) is 3.21. The second-order valence-electron chi connectivity index (χ2n) is 4.27. The molecule has 0 amide bonds. The molecule has 0 N–H and O–H groups in total. The molecule has 0 aliphatic heterocycles. The lowest BCUT2D eigenvalue weighted by Gasteiger charge is -2.21. The van der Waals surface area contributed by atoms with Gasteiger partial charge < -0.3 is 9.64 Å². The van der Waals surface area contributed by atoms with Crippen LogP contribution < -0.4 is 4.90 Å². The molecule has 0 saturated heterocycles. The SMILES string of the molecule is COC(=O)C(C)CN(C)c1cc(C#N)cc(C)n1. The number of hydrogen-bond acceptors (Lipinski definition) is 5. The predicted molar refractivity (Wildman–Crippen MR) is 68.1 cm³/mol. The van der Waals surface area contributed by atoms with E-state index in [0.29, 0.717) is 17.9 Å². The molecule has 0 saturated carbocycles. The minimum Gasteiger partial charge on any atom is -0.469 e. The van der Waals surface area contributed by atoms with Crippen LogP contribution in [-0.4, -0.2) is 31.7 Å². The maximum Gasteiger partial charge on any atom is 0.310 e. The summed E-state index contributed by atoms with van der Waals surface area (Å²) in [5.74, 6) is 0.185. The molecule has 0 fully saturated rings. The Morgan fingerprint density at radius 2 is 2.28 bits per heavy atom. The highest BCUT2D eigenvalue weighted by molar-refractivity contribution is 5.72. The Hall–Kier alpha value is -2.09. The van der Waals surface area contributed by atoms with Gasteiger partial charge in [0.05, 0.1) is 24.7 Å². The molecule has 1 aromatic heterocycles. The van der Waals surface area contributed by atoms with Crippen molar-refractivity contribution in [1.82, 2.24) is 4.98 Å². The second-order valence-corrected chi connectivity index (χ2v) is 4.27. The molecule has 5 nitrogen and oxygen atoms in total. The van der Waals surface area contributed by atoms with Gasteiger partial charge in [-0.2, -0.15) is 5.26 Å². The highest BCUT2D eigenvalue weighted by Crippen LogP contribution is 2.15. The van der Waals surface area contributed by atoms with Gasteiger partial charge in [-0.05, 0) is 19.1 Å². The van der Waals surface area contributed by atoms with E-state index in [-0.39, 0.29) is 11.9 Å². The first-order valence-electron chi connectivity index (χ1n) is 5.65. The van der Waals surface area contributed by atoms with Crippen molar-refractivity contribution in [3.63, 3.8) is 0 Å². The number of carbonyl (C=O) groups is 1. The van der Waals surface area contributed by atoms with Gasteiger partial charge in [-0.1, -0.05) is 6.92 Å². The van der Waals surface area contributed by atoms with Crippen LogP contribution in [0.25, 0.3) is 0 Å². The molecule has 0 spiro atoms. The van der Waals surface area contributed by atoms with Crippen molar-refractivity contribution in [2.45, 2.75) is 13.8 Å². The number of nitrogens with zero attached hydrogens (tertiary/aromatic N) is 3. The third-order valence-corrected chi connectivity index (χ3v) is 2.61. The van der Waals surface area contributed by atoms with Gasteiger partial charge in [0.25, 0.3) is 0 Å². The Morgan fingerprint density at radius 3 is 2.83 bits per heavy atom. The highest BCUT2D eigenvalue weighted by Gasteiger charge is 2.16. The number of methoxy groups -OCH3 is 1. The van der Waals surface area contributed by atoms with E-state index >= 15 is 0 Å². The number of hydrogen-bond donors (Lipinski definition) is 0. The molecular weight excluding hydrogens is 230 g/mol. The lowest BCUT2D eigenvalue weighted by molar-refractivity contribution is -0.144. The fourth-order valence-electron chi connectivity index (χ4n) is 1.69. The van der Waals surface area contributed by atoms with E-state index in [4.69, 9.17) is 5.26 Å². The van der Waals surface area contributed by atoms with Gasteiger partial charge in [-0.15, -0.1) is 0 Å². The van der Waals surface area contributed by atoms with Crippen molar-refractivity contribution in [1.29, 1.82) is 5.26 Å². The van der Waals surface area contributed by atoms with E-state index in [0.717, 1.165) is 5.69 Å². The number of aromatic nitrogens is 1. The Kier molecular flexibility index (Phi) is 4.67. The van der Waals surface area contributed by atoms with Gasteiger partial charge in [-0.25, -0.2) is 4.98 Å². The van der Waals surface area contributed by atoms with Gasteiger partial charge in [0.1, 0.15) is 5.82 Å². The largest absolute Gasteiger partial charge is 0.469 e. The van der Waals surface area contributed by atoms with E-state index < -0.39 is 0 Å². The van der Waals surface area contributed by atoms with Crippen molar-refractivity contribution in [3.8, 4) is 6.07 Å². The average molecular weight is 247 g/mol. The monoisotopic (exact) mass is 247 g/mol.